The van der Waals surface area contributed by atoms with Crippen LogP contribution in [0.1, 0.15) is 20.3 Å². The summed E-state index contributed by atoms with van der Waals surface area (Å²) in [5.41, 5.74) is 0. The molecule has 128 valence electrons. The number of quaternary nitrogens is 2. The summed E-state index contributed by atoms with van der Waals surface area (Å²) >= 11 is 0. The van der Waals surface area contributed by atoms with Gasteiger partial charge in [0.25, 0.3) is 0 Å². The van der Waals surface area contributed by atoms with Crippen LogP contribution in [0.25, 0.3) is 0 Å². The summed E-state index contributed by atoms with van der Waals surface area (Å²) < 4.78 is 2.14. The van der Waals surface area contributed by atoms with Crippen LogP contribution in [0.5, 0.6) is 0 Å². The molecule has 0 aliphatic carbocycles. The summed E-state index contributed by atoms with van der Waals surface area (Å²) in [6, 6.07) is 0. The standard InChI is InChI=1S/2C5H14N.C4H6O5/c2*1-5-6(2,3)4;5-2(4(8)9)1-3(6)7/h2*5H2,1-4H3;2,5H,1H2,(H,6,7)(H,8,9)/q2*+1;/p-2. The molecule has 0 fully saturated rings. The molecule has 0 saturated heterocycles. The number of hydrogen-bond acceptors (Lipinski definition) is 5. The minimum atomic E-state index is -1.96. The molecule has 0 amide bonds. The third-order valence-corrected chi connectivity index (χ3v) is 2.53. The van der Waals surface area contributed by atoms with Crippen molar-refractivity contribution < 1.29 is 33.9 Å². The molecule has 1 N–H and O–H groups in total. The molecule has 21 heavy (non-hydrogen) atoms. The van der Waals surface area contributed by atoms with Gasteiger partial charge in [0.2, 0.25) is 0 Å². The summed E-state index contributed by atoms with van der Waals surface area (Å²) in [5.74, 6) is -3.43. The molecule has 0 rings (SSSR count). The Morgan fingerprint density at radius 3 is 1.19 bits per heavy atom. The Morgan fingerprint density at radius 1 is 0.905 bits per heavy atom. The predicted molar refractivity (Wildman–Crippen MR) is 77.8 cm³/mol. The van der Waals surface area contributed by atoms with Crippen molar-refractivity contribution in [1.29, 1.82) is 0 Å². The van der Waals surface area contributed by atoms with Crippen molar-refractivity contribution in [3.05, 3.63) is 0 Å². The minimum absolute atomic E-state index is 0.928. The molecule has 0 bridgehead atoms. The Bertz CT molecular complexity index is 279. The van der Waals surface area contributed by atoms with Crippen LogP contribution >= 0.6 is 0 Å². The highest BCUT2D eigenvalue weighted by Gasteiger charge is 2.03. The molecular formula is C14H32N2O5. The van der Waals surface area contributed by atoms with Gasteiger partial charge in [-0.1, -0.05) is 0 Å². The van der Waals surface area contributed by atoms with Crippen LogP contribution in [-0.4, -0.2) is 87.5 Å². The Hall–Kier alpha value is -1.18. The second-order valence-electron chi connectivity index (χ2n) is 6.62. The summed E-state index contributed by atoms with van der Waals surface area (Å²) in [4.78, 5) is 19.1. The largest absolute Gasteiger partial charge is 0.550 e. The maximum Gasteiger partial charge on any atom is 0.0985 e. The van der Waals surface area contributed by atoms with E-state index < -0.39 is 24.5 Å². The number of carboxylic acids is 2. The highest BCUT2D eigenvalue weighted by Crippen LogP contribution is 1.85. The van der Waals surface area contributed by atoms with Crippen molar-refractivity contribution in [1.82, 2.24) is 0 Å². The van der Waals surface area contributed by atoms with Crippen molar-refractivity contribution in [3.8, 4) is 0 Å². The van der Waals surface area contributed by atoms with Crippen molar-refractivity contribution >= 4 is 11.9 Å². The van der Waals surface area contributed by atoms with Crippen molar-refractivity contribution in [2.75, 3.05) is 55.4 Å². The van der Waals surface area contributed by atoms with E-state index in [1.807, 2.05) is 0 Å². The zero-order valence-corrected chi connectivity index (χ0v) is 14.7. The summed E-state index contributed by atoms with van der Waals surface area (Å²) in [5, 5.41) is 27.3. The zero-order chi connectivity index (χ0) is 17.9. The van der Waals surface area contributed by atoms with E-state index in [-0.39, 0.29) is 0 Å². The smallest absolute Gasteiger partial charge is 0.0985 e. The van der Waals surface area contributed by atoms with Gasteiger partial charge in [0.05, 0.1) is 67.4 Å². The van der Waals surface area contributed by atoms with E-state index in [4.69, 9.17) is 5.11 Å². The fourth-order valence-corrected chi connectivity index (χ4v) is 0.241. The lowest BCUT2D eigenvalue weighted by Gasteiger charge is -2.20. The van der Waals surface area contributed by atoms with E-state index >= 15 is 0 Å². The van der Waals surface area contributed by atoms with E-state index in [1.54, 1.807) is 0 Å². The van der Waals surface area contributed by atoms with Gasteiger partial charge in [0.15, 0.2) is 0 Å². The third kappa shape index (κ3) is 32.4. The number of aliphatic carboxylic acids is 2. The molecule has 7 nitrogen and oxygen atoms in total. The molecule has 1 unspecified atom stereocenters. The van der Waals surface area contributed by atoms with Gasteiger partial charge >= 0.3 is 0 Å². The molecule has 0 aromatic carbocycles. The van der Waals surface area contributed by atoms with Gasteiger partial charge in [-0.05, 0) is 13.8 Å². The second kappa shape index (κ2) is 11.5. The maximum absolute atomic E-state index is 9.58. The van der Waals surface area contributed by atoms with Gasteiger partial charge < -0.3 is 33.9 Å². The van der Waals surface area contributed by atoms with Gasteiger partial charge in [-0.15, -0.1) is 0 Å². The highest BCUT2D eigenvalue weighted by molar-refractivity contribution is 5.76. The molecule has 0 heterocycles. The Balaban J connectivity index is -0.000000240. The average Bonchev–Trinajstić information content (AvgIpc) is 2.27. The summed E-state index contributed by atoms with van der Waals surface area (Å²) in [7, 11) is 13.1. The number of carbonyl (C=O) groups is 2. The number of nitrogens with zero attached hydrogens (tertiary/aromatic N) is 2. The number of carbonyl (C=O) groups excluding carboxylic acids is 2. The fourth-order valence-electron chi connectivity index (χ4n) is 0.241. The Kier molecular flexibility index (Phi) is 13.6. The molecule has 0 aliphatic heterocycles. The number of rotatable bonds is 5. The Labute approximate surface area is 128 Å². The maximum atomic E-state index is 9.58. The third-order valence-electron chi connectivity index (χ3n) is 2.53. The number of aliphatic hydroxyl groups excluding tert-OH is 1. The molecule has 0 radical (unpaired) electrons. The Morgan fingerprint density at radius 2 is 1.14 bits per heavy atom. The zero-order valence-electron chi connectivity index (χ0n) is 14.7. The topological polar surface area (TPSA) is 100 Å². The van der Waals surface area contributed by atoms with E-state index in [1.165, 1.54) is 13.1 Å². The lowest BCUT2D eigenvalue weighted by molar-refractivity contribution is -0.868. The van der Waals surface area contributed by atoms with E-state index in [0.717, 1.165) is 8.97 Å². The first kappa shape index (κ1) is 24.8. The number of hydrogen-bond donors (Lipinski definition) is 1. The monoisotopic (exact) mass is 308 g/mol. The van der Waals surface area contributed by atoms with Gasteiger partial charge in [0.1, 0.15) is 0 Å². The van der Waals surface area contributed by atoms with Crippen LogP contribution in [0.4, 0.5) is 0 Å². The molecular weight excluding hydrogens is 276 g/mol. The molecule has 0 saturated carbocycles. The molecule has 0 aromatic heterocycles. The first-order valence-electron chi connectivity index (χ1n) is 6.86. The van der Waals surface area contributed by atoms with Gasteiger partial charge in [0, 0.05) is 12.4 Å². The van der Waals surface area contributed by atoms with Crippen LogP contribution in [0, 0.1) is 0 Å². The predicted octanol–water partition coefficient (Wildman–Crippen LogP) is -2.34. The molecule has 0 aromatic rings. The lowest BCUT2D eigenvalue weighted by Crippen LogP contribution is -2.39. The van der Waals surface area contributed by atoms with Crippen LogP contribution in [0.2, 0.25) is 0 Å². The van der Waals surface area contributed by atoms with Crippen LogP contribution in [0.3, 0.4) is 0 Å². The van der Waals surface area contributed by atoms with Gasteiger partial charge in [-0.25, -0.2) is 0 Å². The van der Waals surface area contributed by atoms with E-state index in [2.05, 4.69) is 56.1 Å². The van der Waals surface area contributed by atoms with Crippen molar-refractivity contribution in [2.45, 2.75) is 26.4 Å². The molecule has 7 heteroatoms. The molecule has 0 spiro atoms. The van der Waals surface area contributed by atoms with Crippen LogP contribution in [0.15, 0.2) is 0 Å². The first-order chi connectivity index (χ1) is 9.16. The average molecular weight is 308 g/mol. The van der Waals surface area contributed by atoms with Crippen LogP contribution in [-0.2, 0) is 9.59 Å². The van der Waals surface area contributed by atoms with Gasteiger partial charge in [-0.3, -0.25) is 0 Å². The molecule has 1 atom stereocenters. The van der Waals surface area contributed by atoms with Crippen molar-refractivity contribution in [2.24, 2.45) is 0 Å². The van der Waals surface area contributed by atoms with Crippen LogP contribution < -0.4 is 10.2 Å². The summed E-state index contributed by atoms with van der Waals surface area (Å²) in [6.07, 6.45) is -2.89. The number of carboxylic acid groups (broad SMARTS) is 2. The number of aliphatic hydroxyl groups is 1. The van der Waals surface area contributed by atoms with E-state index in [9.17, 15) is 19.8 Å². The molecule has 0 aliphatic rings. The quantitative estimate of drug-likeness (QED) is 0.574. The normalized spacial score (nSPS) is 12.2. The second-order valence-corrected chi connectivity index (χ2v) is 6.62. The van der Waals surface area contributed by atoms with E-state index in [0.29, 0.717) is 0 Å². The fraction of sp³-hybridized carbons (Fsp3) is 0.857. The highest BCUT2D eigenvalue weighted by atomic mass is 16.4. The van der Waals surface area contributed by atoms with Crippen molar-refractivity contribution in [3.63, 3.8) is 0 Å². The SMILES string of the molecule is CC[N+](C)(C)C.CC[N+](C)(C)C.O=C([O-])CC(O)C(=O)[O-]. The summed E-state index contributed by atoms with van der Waals surface area (Å²) in [6.45, 7) is 6.78. The minimum Gasteiger partial charge on any atom is -0.550 e. The van der Waals surface area contributed by atoms with Gasteiger partial charge in [-0.2, -0.15) is 0 Å². The first-order valence-corrected chi connectivity index (χ1v) is 6.86. The lowest BCUT2D eigenvalue weighted by atomic mass is 10.3.